The number of carbonyl (C=O) groups is 1. The van der Waals surface area contributed by atoms with Crippen LogP contribution in [0.2, 0.25) is 0 Å². The molecule has 2 heterocycles. The molecule has 0 bridgehead atoms. The normalized spacial score (nSPS) is 9.85. The molecule has 0 spiro atoms. The van der Waals surface area contributed by atoms with Gasteiger partial charge in [-0.2, -0.15) is 5.10 Å². The number of hydrogen-bond donors (Lipinski definition) is 1. The van der Waals surface area contributed by atoms with Gasteiger partial charge in [-0.25, -0.2) is 0 Å². The molecule has 0 fully saturated rings. The van der Waals surface area contributed by atoms with E-state index in [0.29, 0.717) is 11.3 Å². The number of nitrogens with zero attached hydrogens (tertiary/aromatic N) is 2. The minimum absolute atomic E-state index is 0.527. The fourth-order valence-corrected chi connectivity index (χ4v) is 1.10. The topological polar surface area (TPSA) is 58.6 Å². The second kappa shape index (κ2) is 3.18. The molecule has 64 valence electrons. The molecule has 13 heavy (non-hydrogen) atoms. The molecular weight excluding hydrogens is 166 g/mol. The summed E-state index contributed by atoms with van der Waals surface area (Å²) < 4.78 is 0. The van der Waals surface area contributed by atoms with E-state index in [0.717, 1.165) is 12.0 Å². The number of pyridine rings is 1. The Morgan fingerprint density at radius 2 is 2.31 bits per heavy atom. The van der Waals surface area contributed by atoms with Crippen LogP contribution in [0.25, 0.3) is 11.4 Å². The summed E-state index contributed by atoms with van der Waals surface area (Å²) >= 11 is 0. The number of carbonyl (C=O) groups excluding carboxylic acids is 1. The van der Waals surface area contributed by atoms with Gasteiger partial charge in [-0.3, -0.25) is 14.9 Å². The lowest BCUT2D eigenvalue weighted by Crippen LogP contribution is -1.86. The van der Waals surface area contributed by atoms with Crippen molar-refractivity contribution in [3.63, 3.8) is 0 Å². The van der Waals surface area contributed by atoms with Crippen molar-refractivity contribution in [2.75, 3.05) is 0 Å². The van der Waals surface area contributed by atoms with Crippen LogP contribution in [-0.4, -0.2) is 21.5 Å². The summed E-state index contributed by atoms with van der Waals surface area (Å²) in [5, 5.41) is 6.50. The quantitative estimate of drug-likeness (QED) is 0.696. The van der Waals surface area contributed by atoms with Crippen LogP contribution in [0.3, 0.4) is 0 Å². The lowest BCUT2D eigenvalue weighted by atomic mass is 10.2. The van der Waals surface area contributed by atoms with Crippen molar-refractivity contribution >= 4 is 6.29 Å². The van der Waals surface area contributed by atoms with Crippen molar-refractivity contribution in [3.8, 4) is 11.4 Å². The van der Waals surface area contributed by atoms with Gasteiger partial charge in [-0.15, -0.1) is 0 Å². The minimum Gasteiger partial charge on any atom is -0.298 e. The zero-order valence-electron chi connectivity index (χ0n) is 6.77. The maximum Gasteiger partial charge on any atom is 0.153 e. The van der Waals surface area contributed by atoms with Crippen LogP contribution in [0, 0.1) is 0 Å². The Morgan fingerprint density at radius 3 is 3.00 bits per heavy atom. The molecule has 4 nitrogen and oxygen atoms in total. The van der Waals surface area contributed by atoms with E-state index in [1.165, 1.54) is 6.20 Å². The van der Waals surface area contributed by atoms with Gasteiger partial charge in [0.1, 0.15) is 0 Å². The smallest absolute Gasteiger partial charge is 0.153 e. The van der Waals surface area contributed by atoms with E-state index < -0.39 is 0 Å². The van der Waals surface area contributed by atoms with E-state index in [-0.39, 0.29) is 0 Å². The van der Waals surface area contributed by atoms with Crippen molar-refractivity contribution in [2.45, 2.75) is 0 Å². The summed E-state index contributed by atoms with van der Waals surface area (Å²) in [5.74, 6) is 0. The van der Waals surface area contributed by atoms with Crippen molar-refractivity contribution in [1.82, 2.24) is 15.2 Å². The molecule has 0 saturated carbocycles. The fourth-order valence-electron chi connectivity index (χ4n) is 1.10. The maximum absolute atomic E-state index is 10.6. The van der Waals surface area contributed by atoms with Gasteiger partial charge in [0.05, 0.1) is 23.1 Å². The van der Waals surface area contributed by atoms with E-state index in [9.17, 15) is 4.79 Å². The summed E-state index contributed by atoms with van der Waals surface area (Å²) in [6.07, 6.45) is 3.91. The molecule has 0 aliphatic rings. The summed E-state index contributed by atoms with van der Waals surface area (Å²) in [4.78, 5) is 14.7. The molecule has 0 amide bonds. The molecule has 2 aromatic heterocycles. The highest BCUT2D eigenvalue weighted by atomic mass is 16.1. The van der Waals surface area contributed by atoms with Crippen LogP contribution in [0.15, 0.2) is 30.6 Å². The van der Waals surface area contributed by atoms with Gasteiger partial charge in [-0.1, -0.05) is 6.07 Å². The average molecular weight is 173 g/mol. The van der Waals surface area contributed by atoms with Crippen LogP contribution in [0.4, 0.5) is 0 Å². The highest BCUT2D eigenvalue weighted by Crippen LogP contribution is 2.15. The molecule has 0 aliphatic heterocycles. The molecule has 4 heteroatoms. The van der Waals surface area contributed by atoms with Crippen molar-refractivity contribution in [2.24, 2.45) is 0 Å². The second-order valence-electron chi connectivity index (χ2n) is 2.53. The molecular formula is C9H7N3O. The predicted octanol–water partition coefficient (Wildman–Crippen LogP) is 1.28. The fraction of sp³-hybridized carbons (Fsp3) is 0. The van der Waals surface area contributed by atoms with Gasteiger partial charge in [-0.05, 0) is 12.1 Å². The third kappa shape index (κ3) is 1.33. The van der Waals surface area contributed by atoms with E-state index >= 15 is 0 Å². The van der Waals surface area contributed by atoms with Crippen LogP contribution >= 0.6 is 0 Å². The van der Waals surface area contributed by atoms with Gasteiger partial charge >= 0.3 is 0 Å². The summed E-state index contributed by atoms with van der Waals surface area (Å²) in [6, 6.07) is 5.50. The number of aromatic amines is 1. The van der Waals surface area contributed by atoms with E-state index in [1.54, 1.807) is 6.20 Å². The Hall–Kier alpha value is -1.97. The SMILES string of the molecule is O=Cc1cn[nH]c1-c1ccccn1. The monoisotopic (exact) mass is 173 g/mol. The van der Waals surface area contributed by atoms with Crippen LogP contribution in [0.5, 0.6) is 0 Å². The molecule has 0 aromatic carbocycles. The third-order valence-electron chi connectivity index (χ3n) is 1.72. The number of nitrogens with one attached hydrogen (secondary N) is 1. The lowest BCUT2D eigenvalue weighted by molar-refractivity contribution is 0.112. The largest absolute Gasteiger partial charge is 0.298 e. The van der Waals surface area contributed by atoms with Crippen LogP contribution < -0.4 is 0 Å². The van der Waals surface area contributed by atoms with Gasteiger partial charge in [0.2, 0.25) is 0 Å². The predicted molar refractivity (Wildman–Crippen MR) is 47.2 cm³/mol. The molecule has 2 rings (SSSR count). The molecule has 0 radical (unpaired) electrons. The second-order valence-corrected chi connectivity index (χ2v) is 2.53. The maximum atomic E-state index is 10.6. The van der Waals surface area contributed by atoms with Crippen molar-refractivity contribution < 1.29 is 4.79 Å². The molecule has 0 atom stereocenters. The Kier molecular flexibility index (Phi) is 1.88. The highest BCUT2D eigenvalue weighted by molar-refractivity contribution is 5.84. The molecule has 0 aliphatic carbocycles. The van der Waals surface area contributed by atoms with E-state index in [1.807, 2.05) is 18.2 Å². The van der Waals surface area contributed by atoms with Gasteiger partial charge in [0, 0.05) is 6.20 Å². The standard InChI is InChI=1S/C9H7N3O/c13-6-7-5-11-12-9(7)8-3-1-2-4-10-8/h1-6H,(H,11,12). The third-order valence-corrected chi connectivity index (χ3v) is 1.72. The number of aromatic nitrogens is 3. The zero-order valence-corrected chi connectivity index (χ0v) is 6.77. The van der Waals surface area contributed by atoms with Crippen molar-refractivity contribution in [3.05, 3.63) is 36.2 Å². The molecule has 0 saturated heterocycles. The minimum atomic E-state index is 0.527. The Morgan fingerprint density at radius 1 is 1.38 bits per heavy atom. The zero-order chi connectivity index (χ0) is 9.10. The molecule has 2 aromatic rings. The Balaban J connectivity index is 2.52. The molecule has 0 unspecified atom stereocenters. The van der Waals surface area contributed by atoms with Crippen LogP contribution in [-0.2, 0) is 0 Å². The number of hydrogen-bond acceptors (Lipinski definition) is 3. The van der Waals surface area contributed by atoms with Gasteiger partial charge < -0.3 is 0 Å². The van der Waals surface area contributed by atoms with E-state index in [4.69, 9.17) is 0 Å². The highest BCUT2D eigenvalue weighted by Gasteiger charge is 2.06. The number of H-pyrrole nitrogens is 1. The van der Waals surface area contributed by atoms with Gasteiger partial charge in [0.25, 0.3) is 0 Å². The summed E-state index contributed by atoms with van der Waals surface area (Å²) in [5.41, 5.74) is 1.91. The Labute approximate surface area is 74.6 Å². The van der Waals surface area contributed by atoms with Crippen LogP contribution in [0.1, 0.15) is 10.4 Å². The van der Waals surface area contributed by atoms with E-state index in [2.05, 4.69) is 15.2 Å². The first-order valence-electron chi connectivity index (χ1n) is 3.82. The number of aldehydes is 1. The number of rotatable bonds is 2. The average Bonchev–Trinajstić information content (AvgIpc) is 2.67. The first kappa shape index (κ1) is 7.67. The van der Waals surface area contributed by atoms with Crippen molar-refractivity contribution in [1.29, 1.82) is 0 Å². The summed E-state index contributed by atoms with van der Waals surface area (Å²) in [6.45, 7) is 0. The van der Waals surface area contributed by atoms with Gasteiger partial charge in [0.15, 0.2) is 6.29 Å². The Bertz CT molecular complexity index is 408. The molecule has 1 N–H and O–H groups in total. The first-order valence-corrected chi connectivity index (χ1v) is 3.82. The summed E-state index contributed by atoms with van der Waals surface area (Å²) in [7, 11) is 0. The lowest BCUT2D eigenvalue weighted by Gasteiger charge is -1.95. The first-order chi connectivity index (χ1) is 6.42.